The molecule has 41 heavy (non-hydrogen) atoms. The van der Waals surface area contributed by atoms with E-state index in [1.165, 1.54) is 17.0 Å². The van der Waals surface area contributed by atoms with Crippen LogP contribution in [0, 0.1) is 0 Å². The van der Waals surface area contributed by atoms with Gasteiger partial charge < -0.3 is 10.2 Å². The number of sulfonamides is 1. The summed E-state index contributed by atoms with van der Waals surface area (Å²) >= 11 is 6.08. The van der Waals surface area contributed by atoms with E-state index in [1.54, 1.807) is 61.5 Å². The van der Waals surface area contributed by atoms with Crippen LogP contribution in [-0.4, -0.2) is 43.8 Å². The molecule has 1 aliphatic carbocycles. The summed E-state index contributed by atoms with van der Waals surface area (Å²) in [6.07, 6.45) is 5.92. The second-order valence-corrected chi connectivity index (χ2v) is 12.8. The number of rotatable bonds is 11. The average molecular weight is 596 g/mol. The van der Waals surface area contributed by atoms with Gasteiger partial charge in [0.15, 0.2) is 0 Å². The molecule has 3 aromatic rings. The van der Waals surface area contributed by atoms with Crippen LogP contribution in [0.15, 0.2) is 83.8 Å². The van der Waals surface area contributed by atoms with Gasteiger partial charge in [-0.05, 0) is 73.7 Å². The van der Waals surface area contributed by atoms with Crippen molar-refractivity contribution in [3.8, 4) is 0 Å². The zero-order chi connectivity index (χ0) is 29.4. The van der Waals surface area contributed by atoms with E-state index < -0.39 is 28.5 Å². The quantitative estimate of drug-likeness (QED) is 0.296. The maximum Gasteiger partial charge on any atom is 0.264 e. The maximum absolute atomic E-state index is 14.1. The van der Waals surface area contributed by atoms with Gasteiger partial charge in [0.2, 0.25) is 11.8 Å². The Hall–Kier alpha value is -3.36. The molecule has 7 nitrogen and oxygen atoms in total. The second kappa shape index (κ2) is 14.0. The van der Waals surface area contributed by atoms with Crippen molar-refractivity contribution < 1.29 is 18.0 Å². The fourth-order valence-electron chi connectivity index (χ4n) is 5.08. The van der Waals surface area contributed by atoms with Gasteiger partial charge in [-0.2, -0.15) is 0 Å². The molecule has 1 aliphatic rings. The van der Waals surface area contributed by atoms with E-state index in [4.69, 9.17) is 11.6 Å². The van der Waals surface area contributed by atoms with Crippen LogP contribution in [-0.2, 0) is 32.6 Å². The van der Waals surface area contributed by atoms with Gasteiger partial charge in [0.25, 0.3) is 10.0 Å². The van der Waals surface area contributed by atoms with Crippen LogP contribution in [0.1, 0.15) is 57.1 Å². The van der Waals surface area contributed by atoms with E-state index in [9.17, 15) is 18.0 Å². The molecule has 0 aromatic heterocycles. The van der Waals surface area contributed by atoms with Crippen molar-refractivity contribution in [1.29, 1.82) is 0 Å². The zero-order valence-electron chi connectivity index (χ0n) is 23.6. The van der Waals surface area contributed by atoms with Gasteiger partial charge >= 0.3 is 0 Å². The average Bonchev–Trinajstić information content (AvgIpc) is 3.00. The van der Waals surface area contributed by atoms with Gasteiger partial charge in [-0.3, -0.25) is 13.9 Å². The molecule has 3 aromatic carbocycles. The van der Waals surface area contributed by atoms with Gasteiger partial charge in [-0.15, -0.1) is 0 Å². The first-order valence-electron chi connectivity index (χ1n) is 14.2. The monoisotopic (exact) mass is 595 g/mol. The summed E-state index contributed by atoms with van der Waals surface area (Å²) < 4.78 is 28.9. The Morgan fingerprint density at radius 3 is 2.12 bits per heavy atom. The van der Waals surface area contributed by atoms with Gasteiger partial charge in [-0.25, -0.2) is 8.42 Å². The van der Waals surface area contributed by atoms with E-state index in [1.807, 2.05) is 19.1 Å². The molecule has 1 N–H and O–H groups in total. The van der Waals surface area contributed by atoms with Crippen molar-refractivity contribution in [3.63, 3.8) is 0 Å². The number of nitrogens with one attached hydrogen (secondary N) is 1. The lowest BCUT2D eigenvalue weighted by Crippen LogP contribution is -2.53. The van der Waals surface area contributed by atoms with Gasteiger partial charge in [0, 0.05) is 17.6 Å². The Morgan fingerprint density at radius 2 is 1.51 bits per heavy atom. The smallest absolute Gasteiger partial charge is 0.264 e. The highest BCUT2D eigenvalue weighted by molar-refractivity contribution is 7.92. The first-order valence-corrected chi connectivity index (χ1v) is 16.0. The highest BCUT2D eigenvalue weighted by Gasteiger charge is 2.33. The standard InChI is InChI=1S/C32H38ClN3O4S/c1-3-25-16-20-29(21-17-25)36(41(39,40)30-12-8-5-9-13-30)23-31(37)35(22-26-14-18-27(33)19-15-26)24(2)32(38)34-28-10-6-4-7-11-28/h5,8-9,12-21,24,28H,3-4,6-7,10-11,22-23H2,1-2H3,(H,34,38)/t24-/m0/s1. The summed E-state index contributed by atoms with van der Waals surface area (Å²) in [5.74, 6) is -0.728. The molecule has 0 bridgehead atoms. The molecule has 1 saturated carbocycles. The molecular formula is C32H38ClN3O4S. The lowest BCUT2D eigenvalue weighted by atomic mass is 9.95. The number of carbonyl (C=O) groups excluding carboxylic acids is 2. The van der Waals surface area contributed by atoms with E-state index in [2.05, 4.69) is 5.32 Å². The fourth-order valence-corrected chi connectivity index (χ4v) is 6.65. The molecule has 0 unspecified atom stereocenters. The number of benzene rings is 3. The third-order valence-electron chi connectivity index (χ3n) is 7.63. The first kappa shape index (κ1) is 30.6. The van der Waals surface area contributed by atoms with Gasteiger partial charge in [0.1, 0.15) is 12.6 Å². The molecule has 2 amide bonds. The molecule has 0 saturated heterocycles. The predicted octanol–water partition coefficient (Wildman–Crippen LogP) is 5.96. The predicted molar refractivity (Wildman–Crippen MR) is 163 cm³/mol. The van der Waals surface area contributed by atoms with Crippen molar-refractivity contribution in [2.45, 2.75) is 75.9 Å². The minimum Gasteiger partial charge on any atom is -0.352 e. The number of carbonyl (C=O) groups is 2. The third-order valence-corrected chi connectivity index (χ3v) is 9.67. The lowest BCUT2D eigenvalue weighted by Gasteiger charge is -2.33. The number of aryl methyl sites for hydroxylation is 1. The highest BCUT2D eigenvalue weighted by atomic mass is 35.5. The molecule has 0 heterocycles. The molecule has 1 atom stereocenters. The summed E-state index contributed by atoms with van der Waals surface area (Å²) in [5.41, 5.74) is 2.21. The third kappa shape index (κ3) is 7.89. The molecule has 0 radical (unpaired) electrons. The number of amides is 2. The SMILES string of the molecule is CCc1ccc(N(CC(=O)N(Cc2ccc(Cl)cc2)[C@@H](C)C(=O)NC2CCCCC2)S(=O)(=O)c2ccccc2)cc1. The van der Waals surface area contributed by atoms with Crippen LogP contribution < -0.4 is 9.62 Å². The molecule has 0 spiro atoms. The van der Waals surface area contributed by atoms with E-state index >= 15 is 0 Å². The lowest BCUT2D eigenvalue weighted by molar-refractivity contribution is -0.139. The van der Waals surface area contributed by atoms with E-state index in [0.29, 0.717) is 10.7 Å². The topological polar surface area (TPSA) is 86.8 Å². The van der Waals surface area contributed by atoms with Crippen LogP contribution in [0.3, 0.4) is 0 Å². The molecule has 0 aliphatic heterocycles. The molecular weight excluding hydrogens is 558 g/mol. The number of hydrogen-bond acceptors (Lipinski definition) is 4. The summed E-state index contributed by atoms with van der Waals surface area (Å²) in [4.78, 5) is 29.0. The normalized spacial score (nSPS) is 14.7. The summed E-state index contributed by atoms with van der Waals surface area (Å²) in [5, 5.41) is 3.68. The van der Waals surface area contributed by atoms with Crippen molar-refractivity contribution in [1.82, 2.24) is 10.2 Å². The van der Waals surface area contributed by atoms with Crippen molar-refractivity contribution in [2.24, 2.45) is 0 Å². The summed E-state index contributed by atoms with van der Waals surface area (Å²) in [7, 11) is -4.08. The van der Waals surface area contributed by atoms with Gasteiger partial charge in [0.05, 0.1) is 10.6 Å². The Balaban J connectivity index is 1.66. The van der Waals surface area contributed by atoms with Gasteiger partial charge in [-0.1, -0.05) is 80.3 Å². The highest BCUT2D eigenvalue weighted by Crippen LogP contribution is 2.25. The largest absolute Gasteiger partial charge is 0.352 e. The Morgan fingerprint density at radius 1 is 0.902 bits per heavy atom. The zero-order valence-corrected chi connectivity index (χ0v) is 25.2. The summed E-state index contributed by atoms with van der Waals surface area (Å²) in [6, 6.07) is 21.6. The van der Waals surface area contributed by atoms with E-state index in [-0.39, 0.29) is 23.4 Å². The van der Waals surface area contributed by atoms with Crippen molar-refractivity contribution in [3.05, 3.63) is 95.0 Å². The molecule has 9 heteroatoms. The van der Waals surface area contributed by atoms with Crippen molar-refractivity contribution in [2.75, 3.05) is 10.8 Å². The number of hydrogen-bond donors (Lipinski definition) is 1. The van der Waals surface area contributed by atoms with Crippen molar-refractivity contribution >= 4 is 39.1 Å². The summed E-state index contributed by atoms with van der Waals surface area (Å²) in [6.45, 7) is 3.38. The fraction of sp³-hybridized carbons (Fsp3) is 0.375. The van der Waals surface area contributed by atoms with Crippen LogP contribution in [0.4, 0.5) is 5.69 Å². The van der Waals surface area contributed by atoms with Crippen LogP contribution in [0.2, 0.25) is 5.02 Å². The second-order valence-electron chi connectivity index (χ2n) is 10.5. The Bertz CT molecular complexity index is 1410. The van der Waals surface area contributed by atoms with Crippen LogP contribution >= 0.6 is 11.6 Å². The maximum atomic E-state index is 14.1. The van der Waals surface area contributed by atoms with Crippen LogP contribution in [0.5, 0.6) is 0 Å². The minimum absolute atomic E-state index is 0.0817. The minimum atomic E-state index is -4.08. The number of anilines is 1. The Kier molecular flexibility index (Phi) is 10.5. The van der Waals surface area contributed by atoms with E-state index in [0.717, 1.165) is 54.0 Å². The Labute approximate surface area is 248 Å². The molecule has 218 valence electrons. The molecule has 1 fully saturated rings. The number of nitrogens with zero attached hydrogens (tertiary/aromatic N) is 2. The molecule has 4 rings (SSSR count). The number of halogens is 1. The van der Waals surface area contributed by atoms with Crippen LogP contribution in [0.25, 0.3) is 0 Å². The first-order chi connectivity index (χ1) is 19.7.